The van der Waals surface area contributed by atoms with Crippen molar-refractivity contribution in [2.45, 2.75) is 19.4 Å². The zero-order valence-electron chi connectivity index (χ0n) is 15.2. The second-order valence-electron chi connectivity index (χ2n) is 7.49. The molecule has 2 aliphatic rings. The maximum absolute atomic E-state index is 13.0. The fourth-order valence-electron chi connectivity index (χ4n) is 4.06. The SMILES string of the molecule is O=C(CN1CC[C@@H](CCN2Cc3ccccc3C2=O)C1)c1ccc(F)cc1. The normalized spacial score (nSPS) is 19.5. The van der Waals surface area contributed by atoms with Crippen molar-refractivity contribution in [2.75, 3.05) is 26.2 Å². The van der Waals surface area contributed by atoms with E-state index in [0.717, 1.165) is 43.6 Å². The number of Topliss-reactive ketones (excluding diaryl/α,β-unsaturated/α-hetero) is 1. The monoisotopic (exact) mass is 366 g/mol. The van der Waals surface area contributed by atoms with Gasteiger partial charge in [0.2, 0.25) is 0 Å². The van der Waals surface area contributed by atoms with Crippen LogP contribution in [0.4, 0.5) is 4.39 Å². The highest BCUT2D eigenvalue weighted by molar-refractivity contribution is 5.98. The summed E-state index contributed by atoms with van der Waals surface area (Å²) in [5.41, 5.74) is 2.50. The standard InChI is InChI=1S/C22H23FN2O2/c23-19-7-5-17(6-8-19)21(26)15-24-11-9-16(13-24)10-12-25-14-18-3-1-2-4-20(18)22(25)27/h1-8,16H,9-15H2/t16-/m0/s1. The van der Waals surface area contributed by atoms with Crippen molar-refractivity contribution < 1.29 is 14.0 Å². The van der Waals surface area contributed by atoms with E-state index in [1.807, 2.05) is 29.2 Å². The highest BCUT2D eigenvalue weighted by Crippen LogP contribution is 2.25. The van der Waals surface area contributed by atoms with Gasteiger partial charge in [0, 0.05) is 30.8 Å². The van der Waals surface area contributed by atoms with Gasteiger partial charge in [0.15, 0.2) is 5.78 Å². The Kier molecular flexibility index (Phi) is 5.03. The predicted octanol–water partition coefficient (Wildman–Crippen LogP) is 3.38. The van der Waals surface area contributed by atoms with Gasteiger partial charge in [-0.2, -0.15) is 0 Å². The lowest BCUT2D eigenvalue weighted by Gasteiger charge is -2.19. The van der Waals surface area contributed by atoms with Crippen molar-refractivity contribution in [3.05, 3.63) is 71.0 Å². The summed E-state index contributed by atoms with van der Waals surface area (Å²) >= 11 is 0. The summed E-state index contributed by atoms with van der Waals surface area (Å²) in [7, 11) is 0. The lowest BCUT2D eigenvalue weighted by atomic mass is 10.0. The van der Waals surface area contributed by atoms with Crippen LogP contribution < -0.4 is 0 Å². The molecule has 0 saturated carbocycles. The first-order valence-electron chi connectivity index (χ1n) is 9.48. The minimum atomic E-state index is -0.327. The molecule has 1 saturated heterocycles. The summed E-state index contributed by atoms with van der Waals surface area (Å²) in [6.45, 7) is 3.61. The largest absolute Gasteiger partial charge is 0.334 e. The number of amides is 1. The number of benzene rings is 2. The summed E-state index contributed by atoms with van der Waals surface area (Å²) in [5.74, 6) is 0.335. The Labute approximate surface area is 158 Å². The highest BCUT2D eigenvalue weighted by atomic mass is 19.1. The first kappa shape index (κ1) is 17.9. The molecular weight excluding hydrogens is 343 g/mol. The van der Waals surface area contributed by atoms with E-state index in [4.69, 9.17) is 0 Å². The minimum Gasteiger partial charge on any atom is -0.334 e. The first-order valence-corrected chi connectivity index (χ1v) is 9.48. The second-order valence-corrected chi connectivity index (χ2v) is 7.49. The van der Waals surface area contributed by atoms with Crippen molar-refractivity contribution in [1.82, 2.24) is 9.80 Å². The molecule has 0 bridgehead atoms. The van der Waals surface area contributed by atoms with Crippen LogP contribution in [0.3, 0.4) is 0 Å². The Hall–Kier alpha value is -2.53. The fourth-order valence-corrected chi connectivity index (χ4v) is 4.06. The molecule has 0 N–H and O–H groups in total. The van der Waals surface area contributed by atoms with E-state index < -0.39 is 0 Å². The first-order chi connectivity index (χ1) is 13.1. The lowest BCUT2D eigenvalue weighted by Crippen LogP contribution is -2.29. The number of carbonyl (C=O) groups excluding carboxylic acids is 2. The van der Waals surface area contributed by atoms with Crippen molar-refractivity contribution >= 4 is 11.7 Å². The van der Waals surface area contributed by atoms with E-state index in [9.17, 15) is 14.0 Å². The third-order valence-electron chi connectivity index (χ3n) is 5.61. The lowest BCUT2D eigenvalue weighted by molar-refractivity contribution is 0.0769. The van der Waals surface area contributed by atoms with Crippen LogP contribution in [0.15, 0.2) is 48.5 Å². The molecule has 4 rings (SSSR count). The van der Waals surface area contributed by atoms with E-state index in [1.54, 1.807) is 12.1 Å². The average Bonchev–Trinajstić information content (AvgIpc) is 3.25. The molecule has 4 nitrogen and oxygen atoms in total. The molecule has 1 fully saturated rings. The third kappa shape index (κ3) is 3.93. The number of rotatable bonds is 6. The number of nitrogens with zero attached hydrogens (tertiary/aromatic N) is 2. The topological polar surface area (TPSA) is 40.6 Å². The molecule has 2 aromatic carbocycles. The van der Waals surface area contributed by atoms with E-state index in [-0.39, 0.29) is 17.5 Å². The van der Waals surface area contributed by atoms with Gasteiger partial charge in [0.05, 0.1) is 6.54 Å². The Morgan fingerprint density at radius 3 is 2.67 bits per heavy atom. The van der Waals surface area contributed by atoms with Crippen LogP contribution >= 0.6 is 0 Å². The summed E-state index contributed by atoms with van der Waals surface area (Å²) in [6.07, 6.45) is 2.01. The van der Waals surface area contributed by atoms with Gasteiger partial charge < -0.3 is 4.90 Å². The molecule has 0 radical (unpaired) electrons. The van der Waals surface area contributed by atoms with Gasteiger partial charge in [-0.15, -0.1) is 0 Å². The molecular formula is C22H23FN2O2. The summed E-state index contributed by atoms with van der Waals surface area (Å²) in [6, 6.07) is 13.5. The maximum atomic E-state index is 13.0. The summed E-state index contributed by atoms with van der Waals surface area (Å²) in [5, 5.41) is 0. The van der Waals surface area contributed by atoms with Crippen molar-refractivity contribution in [3.63, 3.8) is 0 Å². The number of hydrogen-bond acceptors (Lipinski definition) is 3. The summed E-state index contributed by atoms with van der Waals surface area (Å²) < 4.78 is 13.0. The molecule has 2 aromatic rings. The number of halogens is 1. The number of hydrogen-bond donors (Lipinski definition) is 0. The van der Waals surface area contributed by atoms with Gasteiger partial charge in [0.1, 0.15) is 5.82 Å². The zero-order valence-corrected chi connectivity index (χ0v) is 15.2. The van der Waals surface area contributed by atoms with Crippen LogP contribution in [-0.4, -0.2) is 47.7 Å². The fraction of sp³-hybridized carbons (Fsp3) is 0.364. The van der Waals surface area contributed by atoms with E-state index in [2.05, 4.69) is 4.90 Å². The van der Waals surface area contributed by atoms with Gasteiger partial charge in [-0.05, 0) is 61.2 Å². The third-order valence-corrected chi connectivity index (χ3v) is 5.61. The van der Waals surface area contributed by atoms with Gasteiger partial charge in [-0.3, -0.25) is 14.5 Å². The van der Waals surface area contributed by atoms with Crippen molar-refractivity contribution in [3.8, 4) is 0 Å². The summed E-state index contributed by atoms with van der Waals surface area (Å²) in [4.78, 5) is 28.9. The Balaban J connectivity index is 1.25. The molecule has 0 spiro atoms. The van der Waals surface area contributed by atoms with Gasteiger partial charge in [-0.1, -0.05) is 18.2 Å². The van der Waals surface area contributed by atoms with Crippen LogP contribution in [0.2, 0.25) is 0 Å². The Morgan fingerprint density at radius 2 is 1.89 bits per heavy atom. The number of ketones is 1. The number of fused-ring (bicyclic) bond motifs is 1. The van der Waals surface area contributed by atoms with Crippen LogP contribution in [-0.2, 0) is 6.54 Å². The van der Waals surface area contributed by atoms with Crippen LogP contribution in [0.25, 0.3) is 0 Å². The number of carbonyl (C=O) groups is 2. The van der Waals surface area contributed by atoms with Crippen LogP contribution in [0.5, 0.6) is 0 Å². The van der Waals surface area contributed by atoms with E-state index in [1.165, 1.54) is 12.1 Å². The molecule has 1 amide bonds. The highest BCUT2D eigenvalue weighted by Gasteiger charge is 2.29. The van der Waals surface area contributed by atoms with Crippen LogP contribution in [0.1, 0.15) is 39.1 Å². The predicted molar refractivity (Wildman–Crippen MR) is 101 cm³/mol. The second kappa shape index (κ2) is 7.61. The molecule has 2 aliphatic heterocycles. The smallest absolute Gasteiger partial charge is 0.254 e. The molecule has 0 aliphatic carbocycles. The van der Waals surface area contributed by atoms with E-state index >= 15 is 0 Å². The van der Waals surface area contributed by atoms with E-state index in [0.29, 0.717) is 24.6 Å². The number of likely N-dealkylation sites (tertiary alicyclic amines) is 1. The molecule has 0 aromatic heterocycles. The quantitative estimate of drug-likeness (QED) is 0.736. The molecule has 0 unspecified atom stereocenters. The molecule has 5 heteroatoms. The van der Waals surface area contributed by atoms with Crippen molar-refractivity contribution in [1.29, 1.82) is 0 Å². The van der Waals surface area contributed by atoms with Crippen LogP contribution in [0, 0.1) is 11.7 Å². The Morgan fingerprint density at radius 1 is 1.11 bits per heavy atom. The van der Waals surface area contributed by atoms with Gasteiger partial charge in [0.25, 0.3) is 5.91 Å². The molecule has 2 heterocycles. The Bertz CT molecular complexity index is 850. The van der Waals surface area contributed by atoms with Crippen molar-refractivity contribution in [2.24, 2.45) is 5.92 Å². The van der Waals surface area contributed by atoms with Gasteiger partial charge >= 0.3 is 0 Å². The molecule has 27 heavy (non-hydrogen) atoms. The molecule has 140 valence electrons. The minimum absolute atomic E-state index is 0.0285. The molecule has 1 atom stereocenters. The maximum Gasteiger partial charge on any atom is 0.254 e. The average molecular weight is 366 g/mol. The zero-order chi connectivity index (χ0) is 18.8. The van der Waals surface area contributed by atoms with Gasteiger partial charge in [-0.25, -0.2) is 4.39 Å².